The number of nitrogens with one attached hydrogen (secondary N) is 1. The van der Waals surface area contributed by atoms with Crippen molar-refractivity contribution in [1.82, 2.24) is 9.97 Å². The number of hydrogen-bond acceptors (Lipinski definition) is 6. The van der Waals surface area contributed by atoms with E-state index in [2.05, 4.69) is 29.1 Å². The molecule has 0 radical (unpaired) electrons. The van der Waals surface area contributed by atoms with Gasteiger partial charge in [-0.15, -0.1) is 0 Å². The zero-order valence-electron chi connectivity index (χ0n) is 12.0. The first-order chi connectivity index (χ1) is 9.15. The normalized spacial score (nSPS) is 10.7. The van der Waals surface area contributed by atoms with E-state index in [1.54, 1.807) is 0 Å². The molecule has 1 aromatic rings. The second-order valence-corrected chi connectivity index (χ2v) is 4.69. The zero-order chi connectivity index (χ0) is 14.1. The van der Waals surface area contributed by atoms with Gasteiger partial charge in [0.2, 0.25) is 5.88 Å². The molecule has 3 N–H and O–H groups in total. The number of nitrogens with zero attached hydrogens (tertiary/aromatic N) is 2. The lowest BCUT2D eigenvalue weighted by molar-refractivity contribution is 0.118. The van der Waals surface area contributed by atoms with Crippen molar-refractivity contribution in [3.8, 4) is 5.88 Å². The topological polar surface area (TPSA) is 82.3 Å². The van der Waals surface area contributed by atoms with Crippen molar-refractivity contribution in [3.05, 3.63) is 6.33 Å². The van der Waals surface area contributed by atoms with Gasteiger partial charge >= 0.3 is 0 Å². The summed E-state index contributed by atoms with van der Waals surface area (Å²) in [5.41, 5.74) is 6.38. The van der Waals surface area contributed by atoms with Crippen LogP contribution < -0.4 is 15.8 Å². The molecule has 0 amide bonds. The van der Waals surface area contributed by atoms with E-state index in [1.807, 2.05) is 6.92 Å². The van der Waals surface area contributed by atoms with Crippen molar-refractivity contribution in [2.45, 2.75) is 27.2 Å². The van der Waals surface area contributed by atoms with Gasteiger partial charge in [0.15, 0.2) is 5.82 Å². The number of rotatable bonds is 9. The van der Waals surface area contributed by atoms with Crippen LogP contribution in [-0.2, 0) is 4.74 Å². The second-order valence-electron chi connectivity index (χ2n) is 4.69. The average molecular weight is 268 g/mol. The summed E-state index contributed by atoms with van der Waals surface area (Å²) < 4.78 is 10.9. The molecule has 19 heavy (non-hydrogen) atoms. The Labute approximate surface area is 114 Å². The highest BCUT2D eigenvalue weighted by molar-refractivity contribution is 5.66. The predicted molar refractivity (Wildman–Crippen MR) is 76.4 cm³/mol. The Morgan fingerprint density at radius 3 is 2.79 bits per heavy atom. The minimum atomic E-state index is 0.433. The maximum atomic E-state index is 5.93. The van der Waals surface area contributed by atoms with Crippen LogP contribution in [-0.4, -0.2) is 36.3 Å². The van der Waals surface area contributed by atoms with Gasteiger partial charge in [0.1, 0.15) is 12.0 Å². The fraction of sp³-hybridized carbons (Fsp3) is 0.692. The Kier molecular flexibility index (Phi) is 6.95. The van der Waals surface area contributed by atoms with E-state index in [4.69, 9.17) is 15.2 Å². The smallest absolute Gasteiger partial charge is 0.242 e. The summed E-state index contributed by atoms with van der Waals surface area (Å²) in [6.07, 6.45) is 2.36. The molecule has 0 saturated carbocycles. The number of aromatic nitrogens is 2. The molecule has 6 heteroatoms. The number of ether oxygens (including phenoxy) is 2. The molecule has 1 heterocycles. The van der Waals surface area contributed by atoms with Crippen LogP contribution >= 0.6 is 0 Å². The van der Waals surface area contributed by atoms with E-state index < -0.39 is 0 Å². The van der Waals surface area contributed by atoms with Crippen LogP contribution in [0.2, 0.25) is 0 Å². The molecule has 0 aromatic carbocycles. The maximum absolute atomic E-state index is 5.93. The van der Waals surface area contributed by atoms with Gasteiger partial charge in [0.25, 0.3) is 0 Å². The quantitative estimate of drug-likeness (QED) is 0.666. The highest BCUT2D eigenvalue weighted by Crippen LogP contribution is 2.24. The molecular formula is C13H24N4O2. The van der Waals surface area contributed by atoms with Crippen LogP contribution in [0.5, 0.6) is 5.88 Å². The van der Waals surface area contributed by atoms with E-state index in [1.165, 1.54) is 6.33 Å². The molecule has 1 aromatic heterocycles. The molecule has 0 aliphatic rings. The summed E-state index contributed by atoms with van der Waals surface area (Å²) in [4.78, 5) is 8.11. The standard InChI is InChI=1S/C13H24N4O2/c1-4-6-19-13-11(14)12(16-9-17-13)15-5-7-18-8-10(2)3/h9-10H,4-8,14H2,1-3H3,(H,15,16,17). The maximum Gasteiger partial charge on any atom is 0.242 e. The molecule has 6 nitrogen and oxygen atoms in total. The van der Waals surface area contributed by atoms with Gasteiger partial charge in [-0.25, -0.2) is 4.98 Å². The van der Waals surface area contributed by atoms with Gasteiger partial charge in [-0.3, -0.25) is 0 Å². The third-order valence-corrected chi connectivity index (χ3v) is 2.28. The molecule has 0 atom stereocenters. The molecule has 108 valence electrons. The van der Waals surface area contributed by atoms with Gasteiger partial charge in [-0.1, -0.05) is 20.8 Å². The predicted octanol–water partition coefficient (Wildman–Crippen LogP) is 1.93. The van der Waals surface area contributed by atoms with E-state index >= 15 is 0 Å². The molecule has 0 bridgehead atoms. The number of anilines is 2. The molecular weight excluding hydrogens is 244 g/mol. The SMILES string of the molecule is CCCOc1ncnc(NCCOCC(C)C)c1N. The Bertz CT molecular complexity index is 372. The van der Waals surface area contributed by atoms with Gasteiger partial charge in [-0.05, 0) is 12.3 Å². The van der Waals surface area contributed by atoms with Gasteiger partial charge in [0, 0.05) is 13.2 Å². The minimum Gasteiger partial charge on any atom is -0.476 e. The first kappa shape index (κ1) is 15.5. The van der Waals surface area contributed by atoms with Crippen LogP contribution in [0.25, 0.3) is 0 Å². The van der Waals surface area contributed by atoms with Crippen molar-refractivity contribution in [2.24, 2.45) is 5.92 Å². The van der Waals surface area contributed by atoms with Crippen molar-refractivity contribution in [3.63, 3.8) is 0 Å². The van der Waals surface area contributed by atoms with E-state index in [-0.39, 0.29) is 0 Å². The Balaban J connectivity index is 2.40. The average Bonchev–Trinajstić information content (AvgIpc) is 2.38. The molecule has 0 aliphatic heterocycles. The highest BCUT2D eigenvalue weighted by atomic mass is 16.5. The van der Waals surface area contributed by atoms with Crippen molar-refractivity contribution >= 4 is 11.5 Å². The fourth-order valence-electron chi connectivity index (χ4n) is 1.39. The summed E-state index contributed by atoms with van der Waals surface area (Å²) >= 11 is 0. The van der Waals surface area contributed by atoms with Crippen LogP contribution in [0.4, 0.5) is 11.5 Å². The van der Waals surface area contributed by atoms with Crippen molar-refractivity contribution in [2.75, 3.05) is 37.4 Å². The second kappa shape index (κ2) is 8.53. The van der Waals surface area contributed by atoms with Gasteiger partial charge < -0.3 is 20.5 Å². The van der Waals surface area contributed by atoms with Gasteiger partial charge in [-0.2, -0.15) is 4.98 Å². The Morgan fingerprint density at radius 1 is 1.32 bits per heavy atom. The highest BCUT2D eigenvalue weighted by Gasteiger charge is 2.08. The zero-order valence-corrected chi connectivity index (χ0v) is 12.0. The minimum absolute atomic E-state index is 0.433. The fourth-order valence-corrected chi connectivity index (χ4v) is 1.39. The van der Waals surface area contributed by atoms with Gasteiger partial charge in [0.05, 0.1) is 13.2 Å². The molecule has 1 rings (SSSR count). The molecule has 0 saturated heterocycles. The van der Waals surface area contributed by atoms with Crippen LogP contribution in [0.3, 0.4) is 0 Å². The Morgan fingerprint density at radius 2 is 2.11 bits per heavy atom. The molecule has 0 spiro atoms. The number of nitrogens with two attached hydrogens (primary N) is 1. The van der Waals surface area contributed by atoms with Crippen LogP contribution in [0, 0.1) is 5.92 Å². The van der Waals surface area contributed by atoms with E-state index in [0.29, 0.717) is 43.1 Å². The summed E-state index contributed by atoms with van der Waals surface area (Å²) in [5.74, 6) is 1.56. The summed E-state index contributed by atoms with van der Waals surface area (Å²) in [5, 5.41) is 3.12. The molecule has 0 fully saturated rings. The lowest BCUT2D eigenvalue weighted by Gasteiger charge is -2.12. The number of nitrogen functional groups attached to an aromatic ring is 1. The monoisotopic (exact) mass is 268 g/mol. The third-order valence-electron chi connectivity index (χ3n) is 2.28. The molecule has 0 aliphatic carbocycles. The van der Waals surface area contributed by atoms with Crippen molar-refractivity contribution in [1.29, 1.82) is 0 Å². The Hall–Kier alpha value is -1.56. The van der Waals surface area contributed by atoms with E-state index in [9.17, 15) is 0 Å². The summed E-state index contributed by atoms with van der Waals surface area (Å²) in [7, 11) is 0. The third kappa shape index (κ3) is 5.74. The van der Waals surface area contributed by atoms with Crippen molar-refractivity contribution < 1.29 is 9.47 Å². The first-order valence-corrected chi connectivity index (χ1v) is 6.70. The number of hydrogen-bond donors (Lipinski definition) is 2. The lowest BCUT2D eigenvalue weighted by atomic mass is 10.2. The molecule has 0 unspecified atom stereocenters. The van der Waals surface area contributed by atoms with Crippen LogP contribution in [0.1, 0.15) is 27.2 Å². The van der Waals surface area contributed by atoms with Crippen LogP contribution in [0.15, 0.2) is 6.33 Å². The summed E-state index contributed by atoms with van der Waals surface area (Å²) in [6.45, 7) is 8.89. The first-order valence-electron chi connectivity index (χ1n) is 6.70. The summed E-state index contributed by atoms with van der Waals surface area (Å²) in [6, 6.07) is 0. The lowest BCUT2D eigenvalue weighted by Crippen LogP contribution is -2.14. The largest absolute Gasteiger partial charge is 0.476 e. The van der Waals surface area contributed by atoms with E-state index in [0.717, 1.165) is 13.0 Å².